The van der Waals surface area contributed by atoms with Gasteiger partial charge in [0.15, 0.2) is 0 Å². The summed E-state index contributed by atoms with van der Waals surface area (Å²) >= 11 is 1.86. The molecular formula is C11H15NOS. The molecule has 2 fully saturated rings. The lowest BCUT2D eigenvalue weighted by atomic mass is 10.3. The van der Waals surface area contributed by atoms with Crippen LogP contribution in [0.3, 0.4) is 0 Å². The topological polar surface area (TPSA) is 15.8 Å². The fourth-order valence-corrected chi connectivity index (χ4v) is 2.55. The van der Waals surface area contributed by atoms with Crippen molar-refractivity contribution in [1.82, 2.24) is 4.90 Å². The van der Waals surface area contributed by atoms with Gasteiger partial charge >= 0.3 is 0 Å². The Hall–Kier alpha value is -0.380. The largest absolute Gasteiger partial charge is 0.372 e. The Labute approximate surface area is 88.5 Å². The maximum atomic E-state index is 5.30. The number of epoxide rings is 1. The normalized spacial score (nSPS) is 25.6. The molecule has 2 aliphatic rings. The summed E-state index contributed by atoms with van der Waals surface area (Å²) in [6.45, 7) is 3.25. The average Bonchev–Trinajstić information content (AvgIpc) is 3.07. The average molecular weight is 209 g/mol. The summed E-state index contributed by atoms with van der Waals surface area (Å²) in [5.41, 5.74) is 0. The van der Waals surface area contributed by atoms with E-state index < -0.39 is 0 Å². The van der Waals surface area contributed by atoms with Gasteiger partial charge in [-0.3, -0.25) is 4.90 Å². The predicted octanol–water partition coefficient (Wildman–Crippen LogP) is 2.11. The minimum atomic E-state index is 0.538. The molecule has 0 radical (unpaired) electrons. The molecule has 1 aromatic rings. The summed E-state index contributed by atoms with van der Waals surface area (Å²) in [6, 6.07) is 5.22. The molecule has 0 N–H and O–H groups in total. The lowest BCUT2D eigenvalue weighted by molar-refractivity contribution is 0.227. The van der Waals surface area contributed by atoms with E-state index in [4.69, 9.17) is 4.74 Å². The molecule has 14 heavy (non-hydrogen) atoms. The van der Waals surface area contributed by atoms with Crippen LogP contribution in [0.2, 0.25) is 0 Å². The molecule has 2 heterocycles. The summed E-state index contributed by atoms with van der Waals surface area (Å²) in [4.78, 5) is 4.07. The van der Waals surface area contributed by atoms with E-state index in [2.05, 4.69) is 22.4 Å². The number of nitrogens with zero attached hydrogens (tertiary/aromatic N) is 1. The highest BCUT2D eigenvalue weighted by Crippen LogP contribution is 2.30. The molecule has 0 spiro atoms. The minimum absolute atomic E-state index is 0.538. The van der Waals surface area contributed by atoms with Crippen LogP contribution in [0.25, 0.3) is 0 Å². The maximum Gasteiger partial charge on any atom is 0.0936 e. The second-order valence-electron chi connectivity index (χ2n) is 4.20. The Balaban J connectivity index is 1.60. The molecule has 1 saturated carbocycles. The van der Waals surface area contributed by atoms with Gasteiger partial charge < -0.3 is 4.74 Å². The van der Waals surface area contributed by atoms with Gasteiger partial charge in [-0.15, -0.1) is 11.3 Å². The minimum Gasteiger partial charge on any atom is -0.372 e. The molecule has 0 aromatic carbocycles. The van der Waals surface area contributed by atoms with Crippen LogP contribution in [-0.2, 0) is 11.3 Å². The van der Waals surface area contributed by atoms with Crippen LogP contribution < -0.4 is 0 Å². The van der Waals surface area contributed by atoms with Crippen molar-refractivity contribution in [2.75, 3.05) is 13.2 Å². The van der Waals surface area contributed by atoms with Gasteiger partial charge in [-0.05, 0) is 24.3 Å². The molecule has 1 aromatic heterocycles. The van der Waals surface area contributed by atoms with Crippen LogP contribution >= 0.6 is 11.3 Å². The van der Waals surface area contributed by atoms with E-state index in [0.717, 1.165) is 25.7 Å². The van der Waals surface area contributed by atoms with Crippen molar-refractivity contribution in [2.45, 2.75) is 31.5 Å². The molecular weight excluding hydrogens is 194 g/mol. The van der Waals surface area contributed by atoms with Crippen LogP contribution in [-0.4, -0.2) is 30.2 Å². The van der Waals surface area contributed by atoms with Crippen molar-refractivity contribution in [1.29, 1.82) is 0 Å². The van der Waals surface area contributed by atoms with Crippen LogP contribution in [0.1, 0.15) is 17.7 Å². The number of ether oxygens (including phenoxy) is 1. The van der Waals surface area contributed by atoms with Crippen molar-refractivity contribution in [2.24, 2.45) is 0 Å². The van der Waals surface area contributed by atoms with E-state index in [-0.39, 0.29) is 0 Å². The molecule has 3 rings (SSSR count). The van der Waals surface area contributed by atoms with E-state index in [1.165, 1.54) is 17.7 Å². The van der Waals surface area contributed by atoms with Crippen molar-refractivity contribution >= 4 is 11.3 Å². The summed E-state index contributed by atoms with van der Waals surface area (Å²) in [5, 5.41) is 2.16. The zero-order valence-corrected chi connectivity index (χ0v) is 9.00. The molecule has 2 nitrogen and oxygen atoms in total. The Kier molecular flexibility index (Phi) is 2.32. The van der Waals surface area contributed by atoms with Crippen LogP contribution in [0.5, 0.6) is 0 Å². The quantitative estimate of drug-likeness (QED) is 0.690. The highest BCUT2D eigenvalue weighted by Gasteiger charge is 2.34. The second-order valence-corrected chi connectivity index (χ2v) is 5.23. The van der Waals surface area contributed by atoms with Gasteiger partial charge in [0.25, 0.3) is 0 Å². The van der Waals surface area contributed by atoms with Gasteiger partial charge in [0.1, 0.15) is 0 Å². The third kappa shape index (κ3) is 2.16. The molecule has 76 valence electrons. The molecule has 3 heteroatoms. The van der Waals surface area contributed by atoms with Gasteiger partial charge in [-0.1, -0.05) is 6.07 Å². The summed E-state index contributed by atoms with van der Waals surface area (Å²) < 4.78 is 5.30. The number of hydrogen-bond donors (Lipinski definition) is 0. The predicted molar refractivity (Wildman–Crippen MR) is 57.5 cm³/mol. The van der Waals surface area contributed by atoms with Crippen LogP contribution in [0.4, 0.5) is 0 Å². The van der Waals surface area contributed by atoms with Crippen molar-refractivity contribution in [3.63, 3.8) is 0 Å². The standard InChI is InChI=1S/C11H15NOS/c1-2-11(14-5-1)7-12(9-3-4-9)6-10-8-13-10/h1-2,5,9-10H,3-4,6-8H2. The molecule has 1 atom stereocenters. The van der Waals surface area contributed by atoms with E-state index in [1.807, 2.05) is 11.3 Å². The van der Waals surface area contributed by atoms with E-state index >= 15 is 0 Å². The van der Waals surface area contributed by atoms with E-state index in [9.17, 15) is 0 Å². The van der Waals surface area contributed by atoms with Crippen LogP contribution in [0, 0.1) is 0 Å². The Morgan fingerprint density at radius 3 is 2.93 bits per heavy atom. The van der Waals surface area contributed by atoms with E-state index in [0.29, 0.717) is 6.10 Å². The van der Waals surface area contributed by atoms with Crippen molar-refractivity contribution < 1.29 is 4.74 Å². The van der Waals surface area contributed by atoms with Crippen molar-refractivity contribution in [3.05, 3.63) is 22.4 Å². The summed E-state index contributed by atoms with van der Waals surface area (Å²) in [5.74, 6) is 0. The first-order valence-corrected chi connectivity index (χ1v) is 6.18. The smallest absolute Gasteiger partial charge is 0.0936 e. The van der Waals surface area contributed by atoms with Crippen molar-refractivity contribution in [3.8, 4) is 0 Å². The molecule has 1 aliphatic heterocycles. The number of thiophene rings is 1. The zero-order valence-electron chi connectivity index (χ0n) is 8.19. The molecule has 1 saturated heterocycles. The zero-order chi connectivity index (χ0) is 9.38. The Morgan fingerprint density at radius 1 is 1.50 bits per heavy atom. The first-order valence-electron chi connectivity index (χ1n) is 5.30. The highest BCUT2D eigenvalue weighted by atomic mass is 32.1. The third-order valence-corrected chi connectivity index (χ3v) is 3.70. The molecule has 0 amide bonds. The number of hydrogen-bond acceptors (Lipinski definition) is 3. The van der Waals surface area contributed by atoms with Gasteiger partial charge in [0, 0.05) is 24.0 Å². The van der Waals surface area contributed by atoms with Gasteiger partial charge in [-0.2, -0.15) is 0 Å². The van der Waals surface area contributed by atoms with E-state index in [1.54, 1.807) is 0 Å². The van der Waals surface area contributed by atoms with Gasteiger partial charge in [-0.25, -0.2) is 0 Å². The number of rotatable bonds is 5. The molecule has 1 aliphatic carbocycles. The monoisotopic (exact) mass is 209 g/mol. The van der Waals surface area contributed by atoms with Gasteiger partial charge in [0.05, 0.1) is 12.7 Å². The SMILES string of the molecule is c1csc(CN(CC2CO2)C2CC2)c1. The third-order valence-electron chi connectivity index (χ3n) is 2.84. The highest BCUT2D eigenvalue weighted by molar-refractivity contribution is 7.09. The Bertz CT molecular complexity index is 290. The first-order chi connectivity index (χ1) is 6.92. The molecule has 1 unspecified atom stereocenters. The van der Waals surface area contributed by atoms with Gasteiger partial charge in [0.2, 0.25) is 0 Å². The maximum absolute atomic E-state index is 5.30. The lowest BCUT2D eigenvalue weighted by Crippen LogP contribution is -2.29. The lowest BCUT2D eigenvalue weighted by Gasteiger charge is -2.19. The summed E-state index contributed by atoms with van der Waals surface area (Å²) in [7, 11) is 0. The second kappa shape index (κ2) is 3.65. The Morgan fingerprint density at radius 2 is 2.36 bits per heavy atom. The molecule has 0 bridgehead atoms. The fourth-order valence-electron chi connectivity index (χ4n) is 1.82. The summed E-state index contributed by atoms with van der Waals surface area (Å²) in [6.07, 6.45) is 3.31. The van der Waals surface area contributed by atoms with Crippen LogP contribution in [0.15, 0.2) is 17.5 Å². The fraction of sp³-hybridized carbons (Fsp3) is 0.636. The first kappa shape index (κ1) is 8.89.